The van der Waals surface area contributed by atoms with E-state index in [1.165, 1.54) is 38.8 Å². The van der Waals surface area contributed by atoms with Gasteiger partial charge < -0.3 is 25.2 Å². The van der Waals surface area contributed by atoms with E-state index in [4.69, 9.17) is 9.73 Å². The van der Waals surface area contributed by atoms with Crippen LogP contribution in [0.1, 0.15) is 32.6 Å². The number of likely N-dealkylation sites (tertiary alicyclic amines) is 2. The van der Waals surface area contributed by atoms with E-state index < -0.39 is 0 Å². The minimum Gasteiger partial charge on any atom is -0.383 e. The molecule has 6 nitrogen and oxygen atoms in total. The van der Waals surface area contributed by atoms with Crippen LogP contribution >= 0.6 is 24.0 Å². The first kappa shape index (κ1) is 22.9. The van der Waals surface area contributed by atoms with Crippen LogP contribution in [0.4, 0.5) is 0 Å². The van der Waals surface area contributed by atoms with Crippen molar-refractivity contribution in [1.29, 1.82) is 0 Å². The maximum absolute atomic E-state index is 5.18. The zero-order chi connectivity index (χ0) is 17.2. The molecule has 2 rings (SSSR count). The molecule has 0 amide bonds. The summed E-state index contributed by atoms with van der Waals surface area (Å²) in [7, 11) is 3.99. The van der Waals surface area contributed by atoms with Gasteiger partial charge in [0.1, 0.15) is 0 Å². The highest BCUT2D eigenvalue weighted by Crippen LogP contribution is 2.15. The minimum absolute atomic E-state index is 0. The van der Waals surface area contributed by atoms with Crippen LogP contribution in [-0.4, -0.2) is 88.4 Å². The molecule has 25 heavy (non-hydrogen) atoms. The lowest BCUT2D eigenvalue weighted by Gasteiger charge is -2.33. The largest absolute Gasteiger partial charge is 0.383 e. The van der Waals surface area contributed by atoms with Gasteiger partial charge in [-0.3, -0.25) is 4.99 Å². The first-order chi connectivity index (χ1) is 11.7. The van der Waals surface area contributed by atoms with Gasteiger partial charge in [0.2, 0.25) is 0 Å². The molecule has 2 saturated heterocycles. The molecule has 2 fully saturated rings. The van der Waals surface area contributed by atoms with E-state index in [2.05, 4.69) is 34.4 Å². The van der Waals surface area contributed by atoms with Crippen molar-refractivity contribution in [2.45, 2.75) is 38.6 Å². The van der Waals surface area contributed by atoms with E-state index in [0.717, 1.165) is 45.3 Å². The van der Waals surface area contributed by atoms with Crippen molar-refractivity contribution in [3.05, 3.63) is 0 Å². The number of methoxy groups -OCH3 is 1. The zero-order valence-corrected chi connectivity index (χ0v) is 18.6. The molecule has 148 valence electrons. The Kier molecular flexibility index (Phi) is 12.0. The molecule has 2 heterocycles. The minimum atomic E-state index is 0. The first-order valence-electron chi connectivity index (χ1n) is 9.66. The van der Waals surface area contributed by atoms with E-state index in [9.17, 15) is 0 Å². The second-order valence-corrected chi connectivity index (χ2v) is 7.24. The van der Waals surface area contributed by atoms with Crippen LogP contribution in [0.2, 0.25) is 0 Å². The van der Waals surface area contributed by atoms with Gasteiger partial charge in [0, 0.05) is 52.4 Å². The molecule has 0 bridgehead atoms. The molecule has 7 heteroatoms. The molecule has 0 aliphatic carbocycles. The highest BCUT2D eigenvalue weighted by molar-refractivity contribution is 14.0. The van der Waals surface area contributed by atoms with E-state index in [1.807, 2.05) is 0 Å². The number of nitrogens with zero attached hydrogens (tertiary/aromatic N) is 3. The number of nitrogens with one attached hydrogen (secondary N) is 2. The first-order valence-corrected chi connectivity index (χ1v) is 9.66. The van der Waals surface area contributed by atoms with Crippen LogP contribution in [-0.2, 0) is 4.74 Å². The third-order valence-corrected chi connectivity index (χ3v) is 5.11. The van der Waals surface area contributed by atoms with Gasteiger partial charge in [0.05, 0.1) is 6.61 Å². The van der Waals surface area contributed by atoms with Gasteiger partial charge in [-0.2, -0.15) is 0 Å². The van der Waals surface area contributed by atoms with E-state index in [-0.39, 0.29) is 24.0 Å². The molecule has 0 aromatic heterocycles. The smallest absolute Gasteiger partial charge is 0.191 e. The number of hydrogen-bond donors (Lipinski definition) is 2. The standard InChI is InChI=1S/C18H37N5O.HI/c1-4-19-18(20-14-16-6-5-9-22(2)15-16)21-17-7-10-23(11-8-17)12-13-24-3;/h16-17H,4-15H2,1-3H3,(H2,19,20,21);1H. The lowest BCUT2D eigenvalue weighted by atomic mass is 9.99. The Balaban J connectivity index is 0.00000312. The van der Waals surface area contributed by atoms with Crippen molar-refractivity contribution < 1.29 is 4.74 Å². The second kappa shape index (κ2) is 13.1. The summed E-state index contributed by atoms with van der Waals surface area (Å²) in [5.74, 6) is 1.70. The molecule has 2 aliphatic rings. The molecule has 1 atom stereocenters. The van der Waals surface area contributed by atoms with E-state index >= 15 is 0 Å². The molecule has 2 N–H and O–H groups in total. The molecular formula is C18H38IN5O. The van der Waals surface area contributed by atoms with Crippen LogP contribution in [0.25, 0.3) is 0 Å². The van der Waals surface area contributed by atoms with Crippen molar-refractivity contribution in [1.82, 2.24) is 20.4 Å². The molecule has 0 radical (unpaired) electrons. The number of guanidine groups is 1. The Bertz CT molecular complexity index is 374. The van der Waals surface area contributed by atoms with Crippen molar-refractivity contribution in [2.75, 3.05) is 66.6 Å². The SMILES string of the molecule is CCNC(=NCC1CCCN(C)C1)NC1CCN(CCOC)CC1.I. The normalized spacial score (nSPS) is 24.0. The number of aliphatic imine (C=N–C) groups is 1. The van der Waals surface area contributed by atoms with Gasteiger partial charge in [-0.05, 0) is 52.1 Å². The van der Waals surface area contributed by atoms with Crippen LogP contribution in [0.5, 0.6) is 0 Å². The Morgan fingerprint density at radius 3 is 2.60 bits per heavy atom. The highest BCUT2D eigenvalue weighted by atomic mass is 127. The van der Waals surface area contributed by atoms with Crippen LogP contribution < -0.4 is 10.6 Å². The molecule has 1 unspecified atom stereocenters. The topological polar surface area (TPSA) is 52.1 Å². The summed E-state index contributed by atoms with van der Waals surface area (Å²) < 4.78 is 5.18. The summed E-state index contributed by atoms with van der Waals surface area (Å²) in [5, 5.41) is 7.07. The fraction of sp³-hybridized carbons (Fsp3) is 0.944. The third-order valence-electron chi connectivity index (χ3n) is 5.11. The van der Waals surface area contributed by atoms with Crippen molar-refractivity contribution in [3.63, 3.8) is 0 Å². The second-order valence-electron chi connectivity index (χ2n) is 7.24. The lowest BCUT2D eigenvalue weighted by molar-refractivity contribution is 0.128. The van der Waals surface area contributed by atoms with Crippen LogP contribution in [0.3, 0.4) is 0 Å². The Morgan fingerprint density at radius 1 is 1.20 bits per heavy atom. The Morgan fingerprint density at radius 2 is 1.96 bits per heavy atom. The number of piperidine rings is 2. The van der Waals surface area contributed by atoms with Gasteiger partial charge in [0.15, 0.2) is 5.96 Å². The third kappa shape index (κ3) is 8.88. The molecule has 0 spiro atoms. The average molecular weight is 467 g/mol. The Hall–Kier alpha value is -0.120. The number of hydrogen-bond acceptors (Lipinski definition) is 4. The monoisotopic (exact) mass is 467 g/mol. The molecular weight excluding hydrogens is 429 g/mol. The fourth-order valence-electron chi connectivity index (χ4n) is 3.68. The highest BCUT2D eigenvalue weighted by Gasteiger charge is 2.20. The lowest BCUT2D eigenvalue weighted by Crippen LogP contribution is -2.49. The Labute approximate surface area is 171 Å². The molecule has 2 aliphatic heterocycles. The van der Waals surface area contributed by atoms with Crippen LogP contribution in [0.15, 0.2) is 4.99 Å². The average Bonchev–Trinajstić information content (AvgIpc) is 2.59. The number of halogens is 1. The maximum Gasteiger partial charge on any atom is 0.191 e. The van der Waals surface area contributed by atoms with Crippen molar-refractivity contribution in [2.24, 2.45) is 10.9 Å². The summed E-state index contributed by atoms with van der Waals surface area (Å²) in [6.45, 7) is 10.6. The van der Waals surface area contributed by atoms with Gasteiger partial charge in [-0.15, -0.1) is 24.0 Å². The number of ether oxygens (including phenoxy) is 1. The van der Waals surface area contributed by atoms with Gasteiger partial charge >= 0.3 is 0 Å². The molecule has 0 saturated carbocycles. The predicted octanol–water partition coefficient (Wildman–Crippen LogP) is 1.61. The quantitative estimate of drug-likeness (QED) is 0.339. The van der Waals surface area contributed by atoms with Crippen molar-refractivity contribution >= 4 is 29.9 Å². The van der Waals surface area contributed by atoms with Crippen LogP contribution in [0, 0.1) is 5.92 Å². The summed E-state index contributed by atoms with van der Waals surface area (Å²) in [5.41, 5.74) is 0. The van der Waals surface area contributed by atoms with E-state index in [1.54, 1.807) is 7.11 Å². The van der Waals surface area contributed by atoms with Gasteiger partial charge in [-0.1, -0.05) is 0 Å². The molecule has 0 aromatic carbocycles. The summed E-state index contributed by atoms with van der Waals surface area (Å²) in [6, 6.07) is 0.538. The summed E-state index contributed by atoms with van der Waals surface area (Å²) >= 11 is 0. The van der Waals surface area contributed by atoms with E-state index in [0.29, 0.717) is 12.0 Å². The van der Waals surface area contributed by atoms with Crippen molar-refractivity contribution in [3.8, 4) is 0 Å². The summed E-state index contributed by atoms with van der Waals surface area (Å²) in [4.78, 5) is 9.79. The van der Waals surface area contributed by atoms with Gasteiger partial charge in [0.25, 0.3) is 0 Å². The maximum atomic E-state index is 5.18. The molecule has 0 aromatic rings. The zero-order valence-electron chi connectivity index (χ0n) is 16.3. The fourth-order valence-corrected chi connectivity index (χ4v) is 3.68. The predicted molar refractivity (Wildman–Crippen MR) is 116 cm³/mol. The number of rotatable bonds is 7. The van der Waals surface area contributed by atoms with Gasteiger partial charge in [-0.25, -0.2) is 0 Å². The summed E-state index contributed by atoms with van der Waals surface area (Å²) in [6.07, 6.45) is 4.98.